The van der Waals surface area contributed by atoms with Crippen LogP contribution in [0.2, 0.25) is 0 Å². The molecule has 3 nitrogen and oxygen atoms in total. The van der Waals surface area contributed by atoms with Crippen LogP contribution in [0.25, 0.3) is 11.3 Å². The maximum Gasteiger partial charge on any atom is 0.177 e. The van der Waals surface area contributed by atoms with Gasteiger partial charge in [0.05, 0.1) is 10.6 Å². The van der Waals surface area contributed by atoms with Crippen LogP contribution >= 0.6 is 0 Å². The molecule has 0 unspecified atom stereocenters. The summed E-state index contributed by atoms with van der Waals surface area (Å²) in [6, 6.07) is 7.81. The summed E-state index contributed by atoms with van der Waals surface area (Å²) in [4.78, 5) is 4.57. The van der Waals surface area contributed by atoms with Crippen LogP contribution in [0.4, 0.5) is 0 Å². The van der Waals surface area contributed by atoms with E-state index in [4.69, 9.17) is 0 Å². The molecule has 0 atom stereocenters. The first-order chi connectivity index (χ1) is 8.79. The molecule has 2 rings (SSSR count). The van der Waals surface area contributed by atoms with Crippen LogP contribution in [0.5, 0.6) is 0 Å². The number of aromatic nitrogens is 1. The highest BCUT2D eigenvalue weighted by Crippen LogP contribution is 2.24. The summed E-state index contributed by atoms with van der Waals surface area (Å²) >= 11 is 0. The fraction of sp³-hybridized carbons (Fsp3) is 0.267. The van der Waals surface area contributed by atoms with Gasteiger partial charge in [-0.1, -0.05) is 12.1 Å². The number of hydrogen-bond donors (Lipinski definition) is 0. The molecular formula is C15H17NO2S. The Labute approximate surface area is 114 Å². The van der Waals surface area contributed by atoms with Gasteiger partial charge in [0.25, 0.3) is 0 Å². The maximum atomic E-state index is 11.5. The second-order valence-electron chi connectivity index (χ2n) is 4.91. The Hall–Kier alpha value is -1.68. The molecular weight excluding hydrogens is 258 g/mol. The summed E-state index contributed by atoms with van der Waals surface area (Å²) in [5, 5.41) is 0. The third-order valence-electron chi connectivity index (χ3n) is 3.26. The Balaban J connectivity index is 2.55. The zero-order valence-electron chi connectivity index (χ0n) is 11.6. The largest absolute Gasteiger partial charge is 0.255 e. The van der Waals surface area contributed by atoms with Crippen LogP contribution in [0.1, 0.15) is 16.7 Å². The van der Waals surface area contributed by atoms with Crippen molar-refractivity contribution in [2.45, 2.75) is 25.7 Å². The van der Waals surface area contributed by atoms with E-state index >= 15 is 0 Å². The number of pyridine rings is 1. The third kappa shape index (κ3) is 2.84. The van der Waals surface area contributed by atoms with Crippen molar-refractivity contribution < 1.29 is 8.42 Å². The van der Waals surface area contributed by atoms with Crippen molar-refractivity contribution in [2.24, 2.45) is 0 Å². The van der Waals surface area contributed by atoms with E-state index < -0.39 is 9.84 Å². The molecule has 0 bridgehead atoms. The van der Waals surface area contributed by atoms with Crippen LogP contribution in [0.15, 0.2) is 35.4 Å². The Morgan fingerprint density at radius 3 is 2.16 bits per heavy atom. The molecule has 4 heteroatoms. The molecule has 0 saturated carbocycles. The molecule has 0 saturated heterocycles. The van der Waals surface area contributed by atoms with Crippen LogP contribution in [0.3, 0.4) is 0 Å². The Morgan fingerprint density at radius 2 is 1.63 bits per heavy atom. The summed E-state index contributed by atoms with van der Waals surface area (Å²) in [6.07, 6.45) is 2.62. The van der Waals surface area contributed by atoms with E-state index in [-0.39, 0.29) is 4.90 Å². The number of rotatable bonds is 2. The molecule has 1 aromatic carbocycles. The predicted octanol–water partition coefficient (Wildman–Crippen LogP) is 3.08. The van der Waals surface area contributed by atoms with Crippen molar-refractivity contribution in [3.63, 3.8) is 0 Å². The first-order valence-electron chi connectivity index (χ1n) is 6.03. The maximum absolute atomic E-state index is 11.5. The highest BCUT2D eigenvalue weighted by atomic mass is 32.2. The van der Waals surface area contributed by atoms with Gasteiger partial charge in [-0.05, 0) is 49.6 Å². The minimum Gasteiger partial charge on any atom is -0.255 e. The van der Waals surface area contributed by atoms with Crippen LogP contribution in [-0.4, -0.2) is 19.7 Å². The number of sulfone groups is 1. The summed E-state index contributed by atoms with van der Waals surface area (Å²) in [5.41, 5.74) is 5.14. The van der Waals surface area contributed by atoms with Gasteiger partial charge in [0.2, 0.25) is 0 Å². The fourth-order valence-electron chi connectivity index (χ4n) is 1.94. The summed E-state index contributed by atoms with van der Waals surface area (Å²) in [7, 11) is -3.20. The molecule has 0 aliphatic heterocycles. The van der Waals surface area contributed by atoms with Gasteiger partial charge < -0.3 is 0 Å². The van der Waals surface area contributed by atoms with E-state index in [1.54, 1.807) is 6.07 Å². The van der Waals surface area contributed by atoms with E-state index in [0.717, 1.165) is 16.8 Å². The predicted molar refractivity (Wildman–Crippen MR) is 77.0 cm³/mol. The molecule has 1 heterocycles. The van der Waals surface area contributed by atoms with E-state index in [0.29, 0.717) is 0 Å². The lowest BCUT2D eigenvalue weighted by Crippen LogP contribution is -2.00. The normalized spacial score (nSPS) is 11.6. The van der Waals surface area contributed by atoms with E-state index in [2.05, 4.69) is 31.0 Å². The van der Waals surface area contributed by atoms with Gasteiger partial charge in [0, 0.05) is 18.0 Å². The average molecular weight is 275 g/mol. The zero-order chi connectivity index (χ0) is 14.2. The lowest BCUT2D eigenvalue weighted by Gasteiger charge is -2.09. The molecule has 0 spiro atoms. The highest BCUT2D eigenvalue weighted by molar-refractivity contribution is 7.90. The minimum absolute atomic E-state index is 0.262. The quantitative estimate of drug-likeness (QED) is 0.846. The molecule has 19 heavy (non-hydrogen) atoms. The Bertz CT molecular complexity index is 734. The van der Waals surface area contributed by atoms with Gasteiger partial charge in [0.1, 0.15) is 0 Å². The molecule has 2 aromatic rings. The number of aryl methyl sites for hydroxylation is 3. The van der Waals surface area contributed by atoms with E-state index in [9.17, 15) is 8.42 Å². The van der Waals surface area contributed by atoms with Gasteiger partial charge in [-0.2, -0.15) is 0 Å². The molecule has 0 N–H and O–H groups in total. The SMILES string of the molecule is Cc1ccc(-c2ncc(S(C)(=O)=O)cc2C)cc1C. The summed E-state index contributed by atoms with van der Waals surface area (Å²) in [5.74, 6) is 0. The summed E-state index contributed by atoms with van der Waals surface area (Å²) < 4.78 is 23.0. The first kappa shape index (κ1) is 13.7. The molecule has 0 amide bonds. The first-order valence-corrected chi connectivity index (χ1v) is 7.92. The second-order valence-corrected chi connectivity index (χ2v) is 6.92. The van der Waals surface area contributed by atoms with Crippen LogP contribution in [0, 0.1) is 20.8 Å². The van der Waals surface area contributed by atoms with Gasteiger partial charge in [0.15, 0.2) is 9.84 Å². The number of hydrogen-bond acceptors (Lipinski definition) is 3. The van der Waals surface area contributed by atoms with Crippen molar-refractivity contribution >= 4 is 9.84 Å². The Morgan fingerprint density at radius 1 is 0.947 bits per heavy atom. The topological polar surface area (TPSA) is 47.0 Å². The van der Waals surface area contributed by atoms with Gasteiger partial charge in [-0.15, -0.1) is 0 Å². The molecule has 1 aromatic heterocycles. The summed E-state index contributed by atoms with van der Waals surface area (Å²) in [6.45, 7) is 6.00. The standard InChI is InChI=1S/C15H17NO2S/c1-10-5-6-13(7-11(10)2)15-12(3)8-14(9-16-15)19(4,17)18/h5-9H,1-4H3. The van der Waals surface area contributed by atoms with Gasteiger partial charge >= 0.3 is 0 Å². The van der Waals surface area contributed by atoms with Crippen molar-refractivity contribution in [3.05, 3.63) is 47.2 Å². The van der Waals surface area contributed by atoms with Crippen molar-refractivity contribution in [3.8, 4) is 11.3 Å². The van der Waals surface area contributed by atoms with Crippen LogP contribution < -0.4 is 0 Å². The Kier molecular flexibility index (Phi) is 3.45. The highest BCUT2D eigenvalue weighted by Gasteiger charge is 2.11. The van der Waals surface area contributed by atoms with Gasteiger partial charge in [-0.25, -0.2) is 8.42 Å². The number of benzene rings is 1. The number of nitrogens with zero attached hydrogens (tertiary/aromatic N) is 1. The van der Waals surface area contributed by atoms with E-state index in [1.807, 2.05) is 13.0 Å². The van der Waals surface area contributed by atoms with Crippen LogP contribution in [-0.2, 0) is 9.84 Å². The molecule has 0 radical (unpaired) electrons. The van der Waals surface area contributed by atoms with E-state index in [1.165, 1.54) is 23.6 Å². The minimum atomic E-state index is -3.20. The monoisotopic (exact) mass is 275 g/mol. The lowest BCUT2D eigenvalue weighted by atomic mass is 10.0. The van der Waals surface area contributed by atoms with Crippen molar-refractivity contribution in [1.82, 2.24) is 4.98 Å². The van der Waals surface area contributed by atoms with Crippen molar-refractivity contribution in [2.75, 3.05) is 6.26 Å². The zero-order valence-corrected chi connectivity index (χ0v) is 12.4. The molecule has 0 aliphatic rings. The van der Waals surface area contributed by atoms with Crippen molar-refractivity contribution in [1.29, 1.82) is 0 Å². The smallest absolute Gasteiger partial charge is 0.177 e. The fourth-order valence-corrected chi connectivity index (χ4v) is 2.58. The average Bonchev–Trinajstić information content (AvgIpc) is 2.31. The lowest BCUT2D eigenvalue weighted by molar-refractivity contribution is 0.601. The second kappa shape index (κ2) is 4.78. The molecule has 0 fully saturated rings. The molecule has 100 valence electrons. The van der Waals surface area contributed by atoms with Gasteiger partial charge in [-0.3, -0.25) is 4.98 Å². The molecule has 0 aliphatic carbocycles. The third-order valence-corrected chi connectivity index (χ3v) is 4.34.